The van der Waals surface area contributed by atoms with Crippen LogP contribution in [0.4, 0.5) is 0 Å². The molecule has 112 valence electrons. The number of hydrogen-bond acceptors (Lipinski definition) is 2. The van der Waals surface area contributed by atoms with Crippen LogP contribution in [0.15, 0.2) is 40.8 Å². The van der Waals surface area contributed by atoms with Crippen LogP contribution < -0.4 is 0 Å². The van der Waals surface area contributed by atoms with E-state index >= 15 is 0 Å². The van der Waals surface area contributed by atoms with E-state index in [4.69, 9.17) is 4.42 Å². The Morgan fingerprint density at radius 2 is 1.86 bits per heavy atom. The zero-order valence-electron chi connectivity index (χ0n) is 12.6. The third-order valence-corrected chi connectivity index (χ3v) is 4.01. The molecule has 0 spiro atoms. The maximum absolute atomic E-state index is 12.7. The predicted octanol–water partition coefficient (Wildman–Crippen LogP) is 4.53. The molecule has 1 aromatic carbocycles. The van der Waals surface area contributed by atoms with E-state index in [1.54, 1.807) is 0 Å². The number of aryl methyl sites for hydroxylation is 1. The van der Waals surface area contributed by atoms with Gasteiger partial charge in [-0.1, -0.05) is 28.1 Å². The van der Waals surface area contributed by atoms with Crippen molar-refractivity contribution < 1.29 is 9.21 Å². The molecule has 1 aromatic heterocycles. The Hall–Kier alpha value is -1.55. The third-order valence-electron chi connectivity index (χ3n) is 3.36. The zero-order chi connectivity index (χ0) is 15.4. The van der Waals surface area contributed by atoms with Gasteiger partial charge < -0.3 is 9.32 Å². The molecule has 0 unspecified atom stereocenters. The first-order valence-electron chi connectivity index (χ1n) is 7.02. The van der Waals surface area contributed by atoms with Gasteiger partial charge in [-0.3, -0.25) is 4.79 Å². The van der Waals surface area contributed by atoms with Crippen molar-refractivity contribution in [3.8, 4) is 0 Å². The molecular weight excluding hydrogens is 330 g/mol. The highest BCUT2D eigenvalue weighted by Crippen LogP contribution is 2.16. The number of amides is 1. The van der Waals surface area contributed by atoms with Crippen LogP contribution in [0.5, 0.6) is 0 Å². The normalized spacial score (nSPS) is 10.9. The Morgan fingerprint density at radius 3 is 2.33 bits per heavy atom. The average Bonchev–Trinajstić information content (AvgIpc) is 2.89. The third kappa shape index (κ3) is 3.97. The van der Waals surface area contributed by atoms with E-state index in [0.717, 1.165) is 22.4 Å². The molecule has 0 atom stereocenters. The zero-order valence-corrected chi connectivity index (χ0v) is 14.2. The molecule has 2 aromatic rings. The molecule has 0 saturated carbocycles. The van der Waals surface area contributed by atoms with Gasteiger partial charge in [-0.15, -0.1) is 0 Å². The number of rotatable bonds is 5. The van der Waals surface area contributed by atoms with Crippen LogP contribution in [-0.4, -0.2) is 16.8 Å². The van der Waals surface area contributed by atoms with E-state index in [2.05, 4.69) is 15.9 Å². The van der Waals surface area contributed by atoms with Crippen molar-refractivity contribution in [1.29, 1.82) is 0 Å². The van der Waals surface area contributed by atoms with E-state index in [0.29, 0.717) is 12.1 Å². The number of furan rings is 1. The summed E-state index contributed by atoms with van der Waals surface area (Å²) < 4.78 is 5.59. The molecule has 0 N–H and O–H groups in total. The first-order chi connectivity index (χ1) is 10.0. The fourth-order valence-corrected chi connectivity index (χ4v) is 2.50. The summed E-state index contributed by atoms with van der Waals surface area (Å²) in [7, 11) is 0. The highest BCUT2D eigenvalue weighted by molar-refractivity contribution is 9.08. The van der Waals surface area contributed by atoms with Gasteiger partial charge >= 0.3 is 0 Å². The second kappa shape index (κ2) is 6.94. The largest absolute Gasteiger partial charge is 0.464 e. The highest BCUT2D eigenvalue weighted by atomic mass is 79.9. The topological polar surface area (TPSA) is 33.5 Å². The number of alkyl halides is 1. The lowest BCUT2D eigenvalue weighted by molar-refractivity contribution is 0.0675. The molecule has 4 heteroatoms. The number of halogens is 1. The highest BCUT2D eigenvalue weighted by Gasteiger charge is 2.20. The predicted molar refractivity (Wildman–Crippen MR) is 87.5 cm³/mol. The Labute approximate surface area is 134 Å². The van der Waals surface area contributed by atoms with Crippen molar-refractivity contribution in [3.05, 3.63) is 59.0 Å². The monoisotopic (exact) mass is 349 g/mol. The first-order valence-corrected chi connectivity index (χ1v) is 8.14. The van der Waals surface area contributed by atoms with Gasteiger partial charge in [0.25, 0.3) is 5.91 Å². The Balaban J connectivity index is 2.18. The maximum Gasteiger partial charge on any atom is 0.254 e. The summed E-state index contributed by atoms with van der Waals surface area (Å²) in [5.41, 5.74) is 1.86. The molecule has 2 rings (SSSR count). The number of hydrogen-bond donors (Lipinski definition) is 0. The van der Waals surface area contributed by atoms with Crippen molar-refractivity contribution in [2.24, 2.45) is 0 Å². The Bertz CT molecular complexity index is 602. The van der Waals surface area contributed by atoms with Crippen LogP contribution in [0.3, 0.4) is 0 Å². The molecule has 0 bridgehead atoms. The second-order valence-electron chi connectivity index (χ2n) is 5.37. The molecule has 1 amide bonds. The van der Waals surface area contributed by atoms with Gasteiger partial charge in [0.15, 0.2) is 0 Å². The fraction of sp³-hybridized carbons (Fsp3) is 0.353. The fourth-order valence-electron chi connectivity index (χ4n) is 2.13. The van der Waals surface area contributed by atoms with E-state index < -0.39 is 0 Å². The summed E-state index contributed by atoms with van der Waals surface area (Å²) in [4.78, 5) is 14.5. The lowest BCUT2D eigenvalue weighted by Gasteiger charge is -2.26. The maximum atomic E-state index is 12.7. The number of carbonyl (C=O) groups excluding carboxylic acids is 1. The van der Waals surface area contributed by atoms with Crippen LogP contribution in [0.25, 0.3) is 0 Å². The second-order valence-corrected chi connectivity index (χ2v) is 5.93. The lowest BCUT2D eigenvalue weighted by Crippen LogP contribution is -2.36. The summed E-state index contributed by atoms with van der Waals surface area (Å²) in [6, 6.07) is 11.6. The SMILES string of the molecule is Cc1ccc(CN(C(=O)c2ccc(CBr)cc2)C(C)C)o1. The molecule has 0 saturated heterocycles. The van der Waals surface area contributed by atoms with Gasteiger partial charge in [-0.25, -0.2) is 0 Å². The summed E-state index contributed by atoms with van der Waals surface area (Å²) in [5.74, 6) is 1.70. The van der Waals surface area contributed by atoms with Crippen molar-refractivity contribution in [1.82, 2.24) is 4.90 Å². The van der Waals surface area contributed by atoms with E-state index in [-0.39, 0.29) is 11.9 Å². The lowest BCUT2D eigenvalue weighted by atomic mass is 10.1. The smallest absolute Gasteiger partial charge is 0.254 e. The van der Waals surface area contributed by atoms with Crippen molar-refractivity contribution in [2.75, 3.05) is 0 Å². The minimum absolute atomic E-state index is 0.0279. The van der Waals surface area contributed by atoms with Crippen LogP contribution in [0.1, 0.15) is 41.3 Å². The summed E-state index contributed by atoms with van der Waals surface area (Å²) in [6.07, 6.45) is 0. The molecule has 1 heterocycles. The van der Waals surface area contributed by atoms with Gasteiger partial charge in [0.05, 0.1) is 6.54 Å². The van der Waals surface area contributed by atoms with Crippen molar-refractivity contribution in [2.45, 2.75) is 38.7 Å². The first kappa shape index (κ1) is 15.8. The number of carbonyl (C=O) groups is 1. The number of nitrogens with zero attached hydrogens (tertiary/aromatic N) is 1. The van der Waals surface area contributed by atoms with Crippen molar-refractivity contribution in [3.63, 3.8) is 0 Å². The summed E-state index contributed by atoms with van der Waals surface area (Å²) in [6.45, 7) is 6.43. The average molecular weight is 350 g/mol. The van der Waals surface area contributed by atoms with Crippen LogP contribution in [0.2, 0.25) is 0 Å². The minimum atomic E-state index is 0.0279. The Kier molecular flexibility index (Phi) is 5.23. The molecule has 0 aliphatic rings. The van der Waals surface area contributed by atoms with Crippen LogP contribution in [-0.2, 0) is 11.9 Å². The minimum Gasteiger partial charge on any atom is -0.464 e. The summed E-state index contributed by atoms with van der Waals surface area (Å²) in [5, 5.41) is 0.793. The molecule has 3 nitrogen and oxygen atoms in total. The van der Waals surface area contributed by atoms with Crippen molar-refractivity contribution >= 4 is 21.8 Å². The molecule has 0 aliphatic heterocycles. The summed E-state index contributed by atoms with van der Waals surface area (Å²) >= 11 is 3.41. The van der Waals surface area contributed by atoms with Crippen LogP contribution in [0, 0.1) is 6.92 Å². The van der Waals surface area contributed by atoms with Gasteiger partial charge in [0, 0.05) is 16.9 Å². The van der Waals surface area contributed by atoms with Gasteiger partial charge in [-0.2, -0.15) is 0 Å². The van der Waals surface area contributed by atoms with E-state index in [1.165, 1.54) is 0 Å². The van der Waals surface area contributed by atoms with E-state index in [1.807, 2.05) is 62.1 Å². The molecule has 21 heavy (non-hydrogen) atoms. The van der Waals surface area contributed by atoms with Gasteiger partial charge in [0.2, 0.25) is 0 Å². The van der Waals surface area contributed by atoms with Crippen LogP contribution >= 0.6 is 15.9 Å². The number of benzene rings is 1. The van der Waals surface area contributed by atoms with Gasteiger partial charge in [-0.05, 0) is 50.6 Å². The van der Waals surface area contributed by atoms with Gasteiger partial charge in [0.1, 0.15) is 11.5 Å². The molecule has 0 radical (unpaired) electrons. The Morgan fingerprint density at radius 1 is 1.19 bits per heavy atom. The standard InChI is InChI=1S/C17H20BrNO2/c1-12(2)19(11-16-9-4-13(3)21-16)17(20)15-7-5-14(10-18)6-8-15/h4-9,12H,10-11H2,1-3H3. The molecule has 0 fully saturated rings. The molecular formula is C17H20BrNO2. The van der Waals surface area contributed by atoms with E-state index in [9.17, 15) is 4.79 Å². The molecule has 0 aliphatic carbocycles. The quantitative estimate of drug-likeness (QED) is 0.742.